The zero-order valence-electron chi connectivity index (χ0n) is 8.61. The Kier molecular flexibility index (Phi) is 5.08. The monoisotopic (exact) mass is 274 g/mol. The molecule has 4 heteroatoms. The van der Waals surface area contributed by atoms with Crippen LogP contribution in [0.15, 0.2) is 22.7 Å². The number of aliphatic hydroxyl groups is 2. The number of hydrogen-bond acceptors (Lipinski definition) is 3. The summed E-state index contributed by atoms with van der Waals surface area (Å²) in [6.07, 6.45) is 0.0356. The van der Waals surface area contributed by atoms with Crippen LogP contribution in [-0.4, -0.2) is 23.4 Å². The topological polar surface area (TPSA) is 49.7 Å². The Bertz CT molecular complexity index is 313. The van der Waals surface area contributed by atoms with Crippen molar-refractivity contribution >= 4 is 15.9 Å². The van der Waals surface area contributed by atoms with Gasteiger partial charge in [-0.2, -0.15) is 0 Å². The van der Waals surface area contributed by atoms with E-state index in [9.17, 15) is 5.11 Å². The van der Waals surface area contributed by atoms with E-state index >= 15 is 0 Å². The molecule has 0 fully saturated rings. The normalized spacial score (nSPS) is 12.5. The maximum Gasteiger partial charge on any atom is 0.126 e. The van der Waals surface area contributed by atoms with Gasteiger partial charge in [0.15, 0.2) is 0 Å². The molecule has 1 rings (SSSR count). The van der Waals surface area contributed by atoms with E-state index in [1.54, 1.807) is 6.92 Å². The van der Waals surface area contributed by atoms with Gasteiger partial charge in [0.05, 0.1) is 12.7 Å². The van der Waals surface area contributed by atoms with Crippen LogP contribution in [0.5, 0.6) is 5.75 Å². The summed E-state index contributed by atoms with van der Waals surface area (Å²) < 4.78 is 6.38. The molecule has 0 saturated carbocycles. The first-order valence-electron chi connectivity index (χ1n) is 4.86. The van der Waals surface area contributed by atoms with Gasteiger partial charge in [0.2, 0.25) is 0 Å². The van der Waals surface area contributed by atoms with Crippen molar-refractivity contribution in [1.29, 1.82) is 0 Å². The van der Waals surface area contributed by atoms with Crippen molar-refractivity contribution in [3.8, 4) is 5.75 Å². The maximum atomic E-state index is 9.51. The summed E-state index contributed by atoms with van der Waals surface area (Å²) in [5, 5.41) is 18.1. The largest absolute Gasteiger partial charge is 0.493 e. The molecule has 0 aromatic heterocycles. The van der Waals surface area contributed by atoms with Gasteiger partial charge >= 0.3 is 0 Å². The van der Waals surface area contributed by atoms with Crippen LogP contribution in [-0.2, 0) is 0 Å². The maximum absolute atomic E-state index is 9.51. The SMILES string of the molecule is C[C@@H](O)c1ccc(Br)cc1OCCCO. The predicted octanol–water partition coefficient (Wildman–Crippen LogP) is 2.26. The highest BCUT2D eigenvalue weighted by Crippen LogP contribution is 2.28. The number of benzene rings is 1. The highest BCUT2D eigenvalue weighted by Gasteiger charge is 2.09. The summed E-state index contributed by atoms with van der Waals surface area (Å²) in [7, 11) is 0. The molecular weight excluding hydrogens is 260 g/mol. The summed E-state index contributed by atoms with van der Waals surface area (Å²) in [5.74, 6) is 0.660. The Balaban J connectivity index is 2.77. The molecule has 0 amide bonds. The van der Waals surface area contributed by atoms with Crippen LogP contribution in [0, 0.1) is 0 Å². The molecule has 1 atom stereocenters. The van der Waals surface area contributed by atoms with E-state index in [4.69, 9.17) is 9.84 Å². The summed E-state index contributed by atoms with van der Waals surface area (Å²) in [6.45, 7) is 2.26. The van der Waals surface area contributed by atoms with Crippen LogP contribution in [0.4, 0.5) is 0 Å². The lowest BCUT2D eigenvalue weighted by Gasteiger charge is -2.13. The van der Waals surface area contributed by atoms with E-state index in [2.05, 4.69) is 15.9 Å². The third-order valence-corrected chi connectivity index (χ3v) is 2.48. The third kappa shape index (κ3) is 3.81. The van der Waals surface area contributed by atoms with Crippen LogP contribution in [0.2, 0.25) is 0 Å². The molecule has 0 bridgehead atoms. The second-order valence-corrected chi connectivity index (χ2v) is 4.20. The molecule has 84 valence electrons. The van der Waals surface area contributed by atoms with E-state index in [0.717, 1.165) is 10.0 Å². The number of rotatable bonds is 5. The Hall–Kier alpha value is -0.580. The number of ether oxygens (including phenoxy) is 1. The first-order chi connectivity index (χ1) is 7.15. The lowest BCUT2D eigenvalue weighted by atomic mass is 10.1. The van der Waals surface area contributed by atoms with Gasteiger partial charge in [-0.3, -0.25) is 0 Å². The van der Waals surface area contributed by atoms with Crippen molar-refractivity contribution in [1.82, 2.24) is 0 Å². The first-order valence-corrected chi connectivity index (χ1v) is 5.65. The first kappa shape index (κ1) is 12.5. The van der Waals surface area contributed by atoms with Gasteiger partial charge in [-0.05, 0) is 19.1 Å². The molecule has 0 saturated heterocycles. The minimum Gasteiger partial charge on any atom is -0.493 e. The standard InChI is InChI=1S/C11H15BrO3/c1-8(14)10-4-3-9(12)7-11(10)15-6-2-5-13/h3-4,7-8,13-14H,2,5-6H2,1H3/t8-/m1/s1. The molecule has 0 aliphatic heterocycles. The van der Waals surface area contributed by atoms with Gasteiger partial charge in [-0.15, -0.1) is 0 Å². The minimum atomic E-state index is -0.553. The molecule has 1 aromatic rings. The quantitative estimate of drug-likeness (QED) is 0.810. The van der Waals surface area contributed by atoms with Crippen molar-refractivity contribution in [2.45, 2.75) is 19.4 Å². The second kappa shape index (κ2) is 6.10. The van der Waals surface area contributed by atoms with Crippen LogP contribution < -0.4 is 4.74 Å². The van der Waals surface area contributed by atoms with Gasteiger partial charge in [-0.25, -0.2) is 0 Å². The fraction of sp³-hybridized carbons (Fsp3) is 0.455. The zero-order valence-corrected chi connectivity index (χ0v) is 10.2. The van der Waals surface area contributed by atoms with Crippen LogP contribution in [0.1, 0.15) is 25.0 Å². The second-order valence-electron chi connectivity index (χ2n) is 3.28. The number of halogens is 1. The molecule has 0 spiro atoms. The van der Waals surface area contributed by atoms with Crippen LogP contribution >= 0.6 is 15.9 Å². The van der Waals surface area contributed by atoms with Gasteiger partial charge in [-0.1, -0.05) is 22.0 Å². The summed E-state index contributed by atoms with van der Waals surface area (Å²) >= 11 is 3.34. The minimum absolute atomic E-state index is 0.109. The smallest absolute Gasteiger partial charge is 0.126 e. The van der Waals surface area contributed by atoms with Gasteiger partial charge < -0.3 is 14.9 Å². The van der Waals surface area contributed by atoms with Crippen molar-refractivity contribution in [2.24, 2.45) is 0 Å². The van der Waals surface area contributed by atoms with Crippen LogP contribution in [0.3, 0.4) is 0 Å². The molecule has 0 unspecified atom stereocenters. The fourth-order valence-corrected chi connectivity index (χ4v) is 1.57. The van der Waals surface area contributed by atoms with E-state index in [-0.39, 0.29) is 6.61 Å². The highest BCUT2D eigenvalue weighted by molar-refractivity contribution is 9.10. The van der Waals surface area contributed by atoms with Crippen molar-refractivity contribution in [3.63, 3.8) is 0 Å². The average molecular weight is 275 g/mol. The molecule has 15 heavy (non-hydrogen) atoms. The Labute approximate surface area is 97.8 Å². The molecule has 0 aliphatic rings. The molecule has 1 aromatic carbocycles. The van der Waals surface area contributed by atoms with Gasteiger partial charge in [0.25, 0.3) is 0 Å². The van der Waals surface area contributed by atoms with Crippen LogP contribution in [0.25, 0.3) is 0 Å². The Morgan fingerprint density at radius 2 is 2.20 bits per heavy atom. The van der Waals surface area contributed by atoms with Gasteiger partial charge in [0.1, 0.15) is 5.75 Å². The van der Waals surface area contributed by atoms with E-state index in [1.807, 2.05) is 18.2 Å². The lowest BCUT2D eigenvalue weighted by molar-refractivity contribution is 0.187. The van der Waals surface area contributed by atoms with E-state index < -0.39 is 6.10 Å². The van der Waals surface area contributed by atoms with Gasteiger partial charge in [0, 0.05) is 23.1 Å². The molecule has 0 heterocycles. The summed E-state index contributed by atoms with van der Waals surface area (Å²) in [5.41, 5.74) is 0.760. The average Bonchev–Trinajstić information content (AvgIpc) is 2.18. The summed E-state index contributed by atoms with van der Waals surface area (Å²) in [6, 6.07) is 5.50. The van der Waals surface area contributed by atoms with Crippen molar-refractivity contribution < 1.29 is 14.9 Å². The van der Waals surface area contributed by atoms with Crippen molar-refractivity contribution in [3.05, 3.63) is 28.2 Å². The zero-order chi connectivity index (χ0) is 11.3. The van der Waals surface area contributed by atoms with E-state index in [1.165, 1.54) is 0 Å². The molecule has 0 aliphatic carbocycles. The predicted molar refractivity (Wildman–Crippen MR) is 62.0 cm³/mol. The number of aliphatic hydroxyl groups excluding tert-OH is 2. The Morgan fingerprint density at radius 1 is 1.47 bits per heavy atom. The fourth-order valence-electron chi connectivity index (χ4n) is 1.23. The molecule has 3 nitrogen and oxygen atoms in total. The van der Waals surface area contributed by atoms with Crippen molar-refractivity contribution in [2.75, 3.05) is 13.2 Å². The molecule has 0 radical (unpaired) electrons. The van der Waals surface area contributed by atoms with E-state index in [0.29, 0.717) is 18.8 Å². The Morgan fingerprint density at radius 3 is 2.80 bits per heavy atom. The lowest BCUT2D eigenvalue weighted by Crippen LogP contribution is -2.03. The summed E-state index contributed by atoms with van der Waals surface area (Å²) in [4.78, 5) is 0. The third-order valence-electron chi connectivity index (χ3n) is 1.99. The highest BCUT2D eigenvalue weighted by atomic mass is 79.9. The molecular formula is C11H15BrO3. The molecule has 2 N–H and O–H groups in total. The number of hydrogen-bond donors (Lipinski definition) is 2.